The highest BCUT2D eigenvalue weighted by Crippen LogP contribution is 2.30. The second-order valence-electron chi connectivity index (χ2n) is 4.00. The lowest BCUT2D eigenvalue weighted by Gasteiger charge is -2.15. The molecule has 1 aliphatic heterocycles. The standard InChI is InChI=1S/C10H14FN3O4/c1-17-4-5-8(15)7(11)9(18-5)14-3-2-6(12)13-10(14)16/h2-3,5,7-9,15H,4H2,1H3,(H2,12,13,16)/t5-,7-,8-,9-/m1/s1. The van der Waals surface area contributed by atoms with E-state index in [4.69, 9.17) is 15.2 Å². The quantitative estimate of drug-likeness (QED) is 0.727. The molecule has 0 amide bonds. The third-order valence-corrected chi connectivity index (χ3v) is 2.75. The molecule has 2 heterocycles. The van der Waals surface area contributed by atoms with Crippen molar-refractivity contribution in [1.29, 1.82) is 0 Å². The van der Waals surface area contributed by atoms with E-state index in [1.165, 1.54) is 19.4 Å². The van der Waals surface area contributed by atoms with E-state index in [0.29, 0.717) is 0 Å². The Morgan fingerprint density at radius 1 is 1.72 bits per heavy atom. The summed E-state index contributed by atoms with van der Waals surface area (Å²) in [4.78, 5) is 15.0. The third-order valence-electron chi connectivity index (χ3n) is 2.75. The molecule has 18 heavy (non-hydrogen) atoms. The maximum Gasteiger partial charge on any atom is 0.351 e. The molecular weight excluding hydrogens is 245 g/mol. The fourth-order valence-corrected chi connectivity index (χ4v) is 1.85. The Morgan fingerprint density at radius 3 is 3.06 bits per heavy atom. The molecule has 8 heteroatoms. The predicted octanol–water partition coefficient (Wildman–Crippen LogP) is -0.932. The predicted molar refractivity (Wildman–Crippen MR) is 59.6 cm³/mol. The van der Waals surface area contributed by atoms with Gasteiger partial charge in [0.25, 0.3) is 0 Å². The first-order valence-corrected chi connectivity index (χ1v) is 5.36. The summed E-state index contributed by atoms with van der Waals surface area (Å²) in [6.45, 7) is 0.0369. The van der Waals surface area contributed by atoms with Gasteiger partial charge in [0.2, 0.25) is 0 Å². The largest absolute Gasteiger partial charge is 0.387 e. The summed E-state index contributed by atoms with van der Waals surface area (Å²) in [5.74, 6) is 0.0404. The summed E-state index contributed by atoms with van der Waals surface area (Å²) >= 11 is 0. The number of nitrogens with zero attached hydrogens (tertiary/aromatic N) is 2. The number of alkyl halides is 1. The highest BCUT2D eigenvalue weighted by Gasteiger charge is 2.45. The zero-order valence-corrected chi connectivity index (χ0v) is 9.69. The van der Waals surface area contributed by atoms with E-state index in [1.807, 2.05) is 0 Å². The summed E-state index contributed by atoms with van der Waals surface area (Å²) in [6, 6.07) is 1.35. The molecule has 7 nitrogen and oxygen atoms in total. The van der Waals surface area contributed by atoms with Crippen molar-refractivity contribution in [2.24, 2.45) is 0 Å². The van der Waals surface area contributed by atoms with Crippen LogP contribution in [0.15, 0.2) is 17.1 Å². The summed E-state index contributed by atoms with van der Waals surface area (Å²) in [5, 5.41) is 9.63. The molecule has 0 aromatic carbocycles. The van der Waals surface area contributed by atoms with Crippen LogP contribution < -0.4 is 11.4 Å². The molecule has 0 radical (unpaired) electrons. The second-order valence-corrected chi connectivity index (χ2v) is 4.00. The molecule has 0 unspecified atom stereocenters. The van der Waals surface area contributed by atoms with Crippen molar-refractivity contribution >= 4 is 5.82 Å². The molecule has 0 bridgehead atoms. The minimum atomic E-state index is -1.73. The van der Waals surface area contributed by atoms with Gasteiger partial charge >= 0.3 is 5.69 Å². The van der Waals surface area contributed by atoms with Crippen molar-refractivity contribution in [3.05, 3.63) is 22.7 Å². The van der Waals surface area contributed by atoms with Crippen LogP contribution in [-0.2, 0) is 9.47 Å². The minimum absolute atomic E-state index is 0.0369. The zero-order valence-electron chi connectivity index (χ0n) is 9.69. The number of aliphatic hydroxyl groups excluding tert-OH is 1. The van der Waals surface area contributed by atoms with Gasteiger partial charge in [0.1, 0.15) is 18.0 Å². The number of aliphatic hydroxyl groups is 1. The van der Waals surface area contributed by atoms with Gasteiger partial charge in [0.15, 0.2) is 12.4 Å². The molecular formula is C10H14FN3O4. The second kappa shape index (κ2) is 5.01. The fourth-order valence-electron chi connectivity index (χ4n) is 1.85. The van der Waals surface area contributed by atoms with Gasteiger partial charge in [-0.2, -0.15) is 4.98 Å². The Labute approximate surface area is 102 Å². The Bertz CT molecular complexity index is 480. The monoisotopic (exact) mass is 259 g/mol. The average molecular weight is 259 g/mol. The first kappa shape index (κ1) is 12.9. The Kier molecular flexibility index (Phi) is 3.60. The van der Waals surface area contributed by atoms with Crippen molar-refractivity contribution in [2.75, 3.05) is 19.5 Å². The zero-order chi connectivity index (χ0) is 13.3. The number of hydrogen-bond acceptors (Lipinski definition) is 6. The SMILES string of the molecule is COC[C@H]1O[C@@H](n2ccc(N)nc2=O)[C@H](F)[C@@H]1O. The van der Waals surface area contributed by atoms with Gasteiger partial charge in [-0.3, -0.25) is 4.57 Å². The van der Waals surface area contributed by atoms with Crippen LogP contribution in [0.1, 0.15) is 6.23 Å². The van der Waals surface area contributed by atoms with Crippen molar-refractivity contribution in [1.82, 2.24) is 9.55 Å². The molecule has 100 valence electrons. The van der Waals surface area contributed by atoms with Crippen LogP contribution in [0, 0.1) is 0 Å². The number of aromatic nitrogens is 2. The molecule has 0 spiro atoms. The van der Waals surface area contributed by atoms with Crippen LogP contribution in [0.2, 0.25) is 0 Å². The van der Waals surface area contributed by atoms with E-state index in [2.05, 4.69) is 4.98 Å². The molecule has 3 N–H and O–H groups in total. The molecule has 0 aliphatic carbocycles. The van der Waals surface area contributed by atoms with Crippen molar-refractivity contribution in [3.8, 4) is 0 Å². The first-order chi connectivity index (χ1) is 8.54. The van der Waals surface area contributed by atoms with Crippen LogP contribution in [0.5, 0.6) is 0 Å². The van der Waals surface area contributed by atoms with E-state index >= 15 is 0 Å². The van der Waals surface area contributed by atoms with Crippen LogP contribution in [0.4, 0.5) is 10.2 Å². The molecule has 1 fully saturated rings. The molecule has 1 aromatic heterocycles. The van der Waals surface area contributed by atoms with E-state index in [9.17, 15) is 14.3 Å². The van der Waals surface area contributed by atoms with Gasteiger partial charge in [-0.15, -0.1) is 0 Å². The number of nitrogens with two attached hydrogens (primary N) is 1. The normalized spacial score (nSPS) is 31.7. The molecule has 1 aromatic rings. The Balaban J connectivity index is 2.26. The van der Waals surface area contributed by atoms with Crippen LogP contribution in [-0.4, -0.2) is 46.8 Å². The highest BCUT2D eigenvalue weighted by molar-refractivity contribution is 5.23. The van der Waals surface area contributed by atoms with Gasteiger partial charge in [-0.1, -0.05) is 0 Å². The number of rotatable bonds is 3. The molecule has 4 atom stereocenters. The molecule has 0 saturated carbocycles. The Hall–Kier alpha value is -1.51. The summed E-state index contributed by atoms with van der Waals surface area (Å²) in [6.07, 6.45) is -3.84. The molecule has 1 saturated heterocycles. The maximum atomic E-state index is 13.9. The van der Waals surface area contributed by atoms with Gasteiger partial charge in [0.05, 0.1) is 6.61 Å². The first-order valence-electron chi connectivity index (χ1n) is 5.36. The third kappa shape index (κ3) is 2.22. The van der Waals surface area contributed by atoms with E-state index < -0.39 is 30.3 Å². The van der Waals surface area contributed by atoms with E-state index in [1.54, 1.807) is 0 Å². The lowest BCUT2D eigenvalue weighted by Crippen LogP contribution is -2.33. The van der Waals surface area contributed by atoms with E-state index in [0.717, 1.165) is 4.57 Å². The highest BCUT2D eigenvalue weighted by atomic mass is 19.1. The average Bonchev–Trinajstić information content (AvgIpc) is 2.58. The Morgan fingerprint density at radius 2 is 2.44 bits per heavy atom. The van der Waals surface area contributed by atoms with Crippen LogP contribution in [0.3, 0.4) is 0 Å². The maximum absolute atomic E-state index is 13.9. The van der Waals surface area contributed by atoms with Gasteiger partial charge in [0, 0.05) is 13.3 Å². The van der Waals surface area contributed by atoms with Crippen LogP contribution >= 0.6 is 0 Å². The number of methoxy groups -OCH3 is 1. The van der Waals surface area contributed by atoms with Gasteiger partial charge in [-0.05, 0) is 6.07 Å². The number of hydrogen-bond donors (Lipinski definition) is 2. The van der Waals surface area contributed by atoms with E-state index in [-0.39, 0.29) is 12.4 Å². The lowest BCUT2D eigenvalue weighted by molar-refractivity contribution is -0.0571. The number of anilines is 1. The van der Waals surface area contributed by atoms with Crippen LogP contribution in [0.25, 0.3) is 0 Å². The number of halogens is 1. The van der Waals surface area contributed by atoms with Gasteiger partial charge in [-0.25, -0.2) is 9.18 Å². The topological polar surface area (TPSA) is 99.6 Å². The summed E-state index contributed by atoms with van der Waals surface area (Å²) < 4.78 is 24.9. The minimum Gasteiger partial charge on any atom is -0.387 e. The summed E-state index contributed by atoms with van der Waals surface area (Å²) in [7, 11) is 1.41. The van der Waals surface area contributed by atoms with Gasteiger partial charge < -0.3 is 20.3 Å². The molecule has 1 aliphatic rings. The van der Waals surface area contributed by atoms with Crippen molar-refractivity contribution in [2.45, 2.75) is 24.6 Å². The fraction of sp³-hybridized carbons (Fsp3) is 0.600. The lowest BCUT2D eigenvalue weighted by atomic mass is 10.1. The smallest absolute Gasteiger partial charge is 0.351 e. The summed E-state index contributed by atoms with van der Waals surface area (Å²) in [5.41, 5.74) is 4.61. The van der Waals surface area contributed by atoms with Crippen molar-refractivity contribution in [3.63, 3.8) is 0 Å². The number of ether oxygens (including phenoxy) is 2. The molecule has 2 rings (SSSR count). The van der Waals surface area contributed by atoms with Crippen molar-refractivity contribution < 1.29 is 19.0 Å². The number of nitrogen functional groups attached to an aromatic ring is 1.